The van der Waals surface area contributed by atoms with E-state index in [0.717, 1.165) is 5.56 Å². The number of hydrogen-bond acceptors (Lipinski definition) is 8. The summed E-state index contributed by atoms with van der Waals surface area (Å²) in [5.74, 6) is 0.870. The van der Waals surface area contributed by atoms with Crippen molar-refractivity contribution in [2.45, 2.75) is 26.2 Å². The molecule has 1 aromatic carbocycles. The fourth-order valence-corrected chi connectivity index (χ4v) is 2.73. The van der Waals surface area contributed by atoms with Gasteiger partial charge in [-0.1, -0.05) is 12.1 Å². The molecule has 2 heterocycles. The van der Waals surface area contributed by atoms with Crippen LogP contribution in [-0.2, 0) is 22.7 Å². The number of benzene rings is 1. The predicted molar refractivity (Wildman–Crippen MR) is 103 cm³/mol. The van der Waals surface area contributed by atoms with Crippen molar-refractivity contribution < 1.29 is 24.1 Å². The molecule has 0 aliphatic heterocycles. The maximum absolute atomic E-state index is 11.5. The molecular formula is C20H22N4O5. The quantitative estimate of drug-likeness (QED) is 0.572. The predicted octanol–water partition coefficient (Wildman–Crippen LogP) is 1.77. The molecule has 1 unspecified atom stereocenters. The lowest BCUT2D eigenvalue weighted by Gasteiger charge is -2.12. The number of para-hydroxylation sites is 1. The van der Waals surface area contributed by atoms with Crippen molar-refractivity contribution in [3.05, 3.63) is 54.0 Å². The average molecular weight is 398 g/mol. The Kier molecular flexibility index (Phi) is 6.40. The Labute approximate surface area is 167 Å². The number of nitrogens with zero attached hydrogens (tertiary/aromatic N) is 4. The minimum absolute atomic E-state index is 0.0773. The Morgan fingerprint density at radius 3 is 2.79 bits per heavy atom. The largest absolute Gasteiger partial charge is 0.496 e. The summed E-state index contributed by atoms with van der Waals surface area (Å²) in [5, 5.41) is 14.1. The van der Waals surface area contributed by atoms with Crippen LogP contribution in [0.1, 0.15) is 11.4 Å². The number of rotatable bonds is 8. The van der Waals surface area contributed by atoms with Gasteiger partial charge in [0.15, 0.2) is 11.9 Å². The van der Waals surface area contributed by atoms with Crippen LogP contribution >= 0.6 is 0 Å². The molecule has 0 aliphatic carbocycles. The van der Waals surface area contributed by atoms with Crippen LogP contribution in [0.5, 0.6) is 11.6 Å². The summed E-state index contributed by atoms with van der Waals surface area (Å²) in [6.07, 6.45) is 0.314. The number of aliphatic hydroxyl groups excluding tert-OH is 1. The van der Waals surface area contributed by atoms with E-state index < -0.39 is 12.1 Å². The van der Waals surface area contributed by atoms with Gasteiger partial charge in [0.25, 0.3) is 0 Å². The van der Waals surface area contributed by atoms with Gasteiger partial charge in [-0.15, -0.1) is 0 Å². The topological polar surface area (TPSA) is 109 Å². The normalized spacial score (nSPS) is 11.7. The number of ether oxygens (including phenoxy) is 3. The lowest BCUT2D eigenvalue weighted by Crippen LogP contribution is -2.27. The fraction of sp³-hybridized carbons (Fsp3) is 0.300. The van der Waals surface area contributed by atoms with Gasteiger partial charge in [-0.05, 0) is 25.1 Å². The molecular weight excluding hydrogens is 376 g/mol. The minimum atomic E-state index is -1.34. The number of aromatic nitrogens is 4. The molecule has 3 aromatic rings. The van der Waals surface area contributed by atoms with Crippen molar-refractivity contribution in [3.8, 4) is 23.0 Å². The second-order valence-corrected chi connectivity index (χ2v) is 6.21. The van der Waals surface area contributed by atoms with Gasteiger partial charge in [-0.2, -0.15) is 5.10 Å². The van der Waals surface area contributed by atoms with Gasteiger partial charge >= 0.3 is 5.97 Å². The highest BCUT2D eigenvalue weighted by Crippen LogP contribution is 2.26. The van der Waals surface area contributed by atoms with E-state index in [1.165, 1.54) is 11.8 Å². The summed E-state index contributed by atoms with van der Waals surface area (Å²) in [6, 6.07) is 10.9. The molecule has 0 saturated heterocycles. The first-order valence-corrected chi connectivity index (χ1v) is 8.90. The molecule has 1 atom stereocenters. The van der Waals surface area contributed by atoms with Crippen molar-refractivity contribution in [3.63, 3.8) is 0 Å². The number of aryl methyl sites for hydroxylation is 1. The van der Waals surface area contributed by atoms with Crippen molar-refractivity contribution in [1.82, 2.24) is 19.7 Å². The van der Waals surface area contributed by atoms with Gasteiger partial charge in [-0.25, -0.2) is 19.4 Å². The molecule has 0 amide bonds. The zero-order valence-electron chi connectivity index (χ0n) is 16.4. The summed E-state index contributed by atoms with van der Waals surface area (Å²) in [4.78, 5) is 20.3. The third kappa shape index (κ3) is 4.88. The molecule has 3 rings (SSSR count). The molecule has 0 spiro atoms. The Morgan fingerprint density at radius 2 is 2.03 bits per heavy atom. The van der Waals surface area contributed by atoms with Gasteiger partial charge in [0.2, 0.25) is 5.88 Å². The van der Waals surface area contributed by atoms with Crippen LogP contribution in [0.2, 0.25) is 0 Å². The highest BCUT2D eigenvalue weighted by atomic mass is 16.5. The van der Waals surface area contributed by atoms with Crippen molar-refractivity contribution in [2.75, 3.05) is 14.2 Å². The second-order valence-electron chi connectivity index (χ2n) is 6.21. The van der Waals surface area contributed by atoms with Gasteiger partial charge in [-0.3, -0.25) is 0 Å². The summed E-state index contributed by atoms with van der Waals surface area (Å²) in [7, 11) is 2.81. The molecule has 2 aromatic heterocycles. The third-order valence-corrected chi connectivity index (χ3v) is 4.11. The molecule has 29 heavy (non-hydrogen) atoms. The first kappa shape index (κ1) is 20.3. The van der Waals surface area contributed by atoms with E-state index in [1.807, 2.05) is 24.3 Å². The fourth-order valence-electron chi connectivity index (χ4n) is 2.73. The van der Waals surface area contributed by atoms with Gasteiger partial charge in [0, 0.05) is 12.3 Å². The maximum atomic E-state index is 11.5. The summed E-state index contributed by atoms with van der Waals surface area (Å²) in [6.45, 7) is 1.87. The Bertz CT molecular complexity index is 989. The number of esters is 1. The third-order valence-electron chi connectivity index (χ3n) is 4.11. The summed E-state index contributed by atoms with van der Waals surface area (Å²) < 4.78 is 17.1. The number of methoxy groups -OCH3 is 2. The SMILES string of the molecule is COC(=O)C(O)Cn1nc(C)cc1OCc1ccnc(-c2ccccc2OC)n1. The standard InChI is InChI=1S/C20H22N4O5/c1-13-10-18(24(23-13)11-16(25)20(26)28-3)29-12-14-8-9-21-19(22-14)15-6-4-5-7-17(15)27-2/h4-10,16,25H,11-12H2,1-3H3. The van der Waals surface area contributed by atoms with Crippen LogP contribution in [0.15, 0.2) is 42.6 Å². The van der Waals surface area contributed by atoms with Crippen LogP contribution < -0.4 is 9.47 Å². The first-order valence-electron chi connectivity index (χ1n) is 8.90. The van der Waals surface area contributed by atoms with Crippen LogP contribution in [0.4, 0.5) is 0 Å². The molecule has 9 heteroatoms. The number of carbonyl (C=O) groups is 1. The maximum Gasteiger partial charge on any atom is 0.336 e. The lowest BCUT2D eigenvalue weighted by molar-refractivity contribution is -0.151. The molecule has 0 radical (unpaired) electrons. The van der Waals surface area contributed by atoms with E-state index in [9.17, 15) is 9.90 Å². The van der Waals surface area contributed by atoms with E-state index in [4.69, 9.17) is 9.47 Å². The van der Waals surface area contributed by atoms with E-state index in [0.29, 0.717) is 28.8 Å². The molecule has 0 bridgehead atoms. The number of aliphatic hydroxyl groups is 1. The Hall–Kier alpha value is -3.46. The monoisotopic (exact) mass is 398 g/mol. The number of carbonyl (C=O) groups excluding carboxylic acids is 1. The molecule has 152 valence electrons. The summed E-state index contributed by atoms with van der Waals surface area (Å²) >= 11 is 0. The zero-order chi connectivity index (χ0) is 20.8. The van der Waals surface area contributed by atoms with E-state index in [-0.39, 0.29) is 13.2 Å². The van der Waals surface area contributed by atoms with Crippen molar-refractivity contribution in [1.29, 1.82) is 0 Å². The Morgan fingerprint density at radius 1 is 1.24 bits per heavy atom. The molecule has 1 N–H and O–H groups in total. The molecule has 9 nitrogen and oxygen atoms in total. The first-order chi connectivity index (χ1) is 14.0. The number of hydrogen-bond donors (Lipinski definition) is 1. The zero-order valence-corrected chi connectivity index (χ0v) is 16.4. The Balaban J connectivity index is 1.75. The van der Waals surface area contributed by atoms with Crippen LogP contribution in [-0.4, -0.2) is 51.1 Å². The second kappa shape index (κ2) is 9.16. The average Bonchev–Trinajstić information content (AvgIpc) is 3.10. The van der Waals surface area contributed by atoms with E-state index in [2.05, 4.69) is 19.8 Å². The van der Waals surface area contributed by atoms with Crippen molar-refractivity contribution >= 4 is 5.97 Å². The van der Waals surface area contributed by atoms with Crippen LogP contribution in [0.25, 0.3) is 11.4 Å². The smallest absolute Gasteiger partial charge is 0.336 e. The highest BCUT2D eigenvalue weighted by Gasteiger charge is 2.19. The van der Waals surface area contributed by atoms with Gasteiger partial charge < -0.3 is 19.3 Å². The van der Waals surface area contributed by atoms with Gasteiger partial charge in [0.1, 0.15) is 12.4 Å². The molecule has 0 aliphatic rings. The summed E-state index contributed by atoms with van der Waals surface area (Å²) in [5.41, 5.74) is 2.12. The van der Waals surface area contributed by atoms with Crippen LogP contribution in [0.3, 0.4) is 0 Å². The van der Waals surface area contributed by atoms with Crippen LogP contribution in [0, 0.1) is 6.92 Å². The molecule has 0 saturated carbocycles. The van der Waals surface area contributed by atoms with E-state index >= 15 is 0 Å². The molecule has 0 fully saturated rings. The lowest BCUT2D eigenvalue weighted by atomic mass is 10.2. The van der Waals surface area contributed by atoms with E-state index in [1.54, 1.807) is 32.4 Å². The van der Waals surface area contributed by atoms with Gasteiger partial charge in [0.05, 0.1) is 37.7 Å². The minimum Gasteiger partial charge on any atom is -0.496 e. The highest BCUT2D eigenvalue weighted by molar-refractivity contribution is 5.74. The van der Waals surface area contributed by atoms with Crippen molar-refractivity contribution in [2.24, 2.45) is 0 Å².